The molecule has 0 spiro atoms. The Labute approximate surface area is 449 Å². The number of para-hydroxylation sites is 2. The molecule has 6 aromatic rings. The lowest BCUT2D eigenvalue weighted by molar-refractivity contribution is 0.0687. The molecule has 1 N–H and O–H groups in total. The highest BCUT2D eigenvalue weighted by atomic mass is 35.7. The van der Waals surface area contributed by atoms with Crippen molar-refractivity contribution in [1.82, 2.24) is 19.6 Å². The summed E-state index contributed by atoms with van der Waals surface area (Å²) in [5.74, 6) is 0.312. The summed E-state index contributed by atoms with van der Waals surface area (Å²) < 4.78 is 75.4. The van der Waals surface area contributed by atoms with Crippen LogP contribution in [0.5, 0.6) is 0 Å². The number of hydrogen-bond donors (Lipinski definition) is 1. The largest absolute Gasteiger partial charge is 0.382 e. The van der Waals surface area contributed by atoms with E-state index >= 15 is 0 Å². The van der Waals surface area contributed by atoms with E-state index in [-0.39, 0.29) is 28.9 Å². The standard InChI is InChI=1S/C30H36FN3O2S.C29H34FN3.CH3ClO2S/c1-37(35,36)34(29-15-9-8-14-28(29)31)24-30-22-32(18-16-25-10-4-2-5-11-25)19-17-27(30)21-33(23-30)20-26-12-6-3-7-13-26;30-27-13-7-8-14-28(27)31-21-29-22-32(17-15-24-9-3-1-4-10-24)18-16-26(29)20-33(23-29)19-25-11-5-2-6-12-25;1-5(2,3)4/h2-15,27H,16-24H2,1H3;1-14,26,31H,15-23H2;1H3. The topological polar surface area (TPSA) is 96.5 Å². The predicted molar refractivity (Wildman–Crippen MR) is 302 cm³/mol. The van der Waals surface area contributed by atoms with E-state index in [1.165, 1.54) is 45.3 Å². The lowest BCUT2D eigenvalue weighted by Crippen LogP contribution is -2.55. The number of nitrogens with zero attached hydrogens (tertiary/aromatic N) is 5. The van der Waals surface area contributed by atoms with Gasteiger partial charge < -0.3 is 15.1 Å². The van der Waals surface area contributed by atoms with Crippen LogP contribution >= 0.6 is 10.7 Å². The molecule has 4 atom stereocenters. The Balaban J connectivity index is 0.000000184. The van der Waals surface area contributed by atoms with Crippen LogP contribution in [0, 0.1) is 34.3 Å². The molecule has 0 radical (unpaired) electrons. The third-order valence-electron chi connectivity index (χ3n) is 15.5. The number of nitrogens with one attached hydrogen (secondary N) is 1. The van der Waals surface area contributed by atoms with Gasteiger partial charge in [0.15, 0.2) is 0 Å². The summed E-state index contributed by atoms with van der Waals surface area (Å²) in [7, 11) is -2.37. The van der Waals surface area contributed by atoms with Crippen molar-refractivity contribution in [1.29, 1.82) is 0 Å². The molecule has 0 bridgehead atoms. The first-order valence-corrected chi connectivity index (χ1v) is 30.7. The molecule has 4 heterocycles. The molecule has 4 aliphatic heterocycles. The van der Waals surface area contributed by atoms with E-state index in [1.807, 2.05) is 24.3 Å². The molecule has 0 amide bonds. The van der Waals surface area contributed by atoms with Gasteiger partial charge in [0.2, 0.25) is 19.1 Å². The summed E-state index contributed by atoms with van der Waals surface area (Å²) in [6, 6.07) is 55.7. The maximum Gasteiger partial charge on any atom is 0.232 e. The van der Waals surface area contributed by atoms with Crippen molar-refractivity contribution in [3.05, 3.63) is 204 Å². The van der Waals surface area contributed by atoms with E-state index in [0.717, 1.165) is 111 Å². The zero-order valence-electron chi connectivity index (χ0n) is 43.4. The number of sulfonamides is 1. The fraction of sp³-hybridized carbons (Fsp3) is 0.400. The number of hydrogen-bond acceptors (Lipinski definition) is 9. The van der Waals surface area contributed by atoms with Crippen LogP contribution in [-0.2, 0) is 45.0 Å². The molecule has 0 aliphatic carbocycles. The van der Waals surface area contributed by atoms with Crippen molar-refractivity contribution in [2.24, 2.45) is 22.7 Å². The van der Waals surface area contributed by atoms with E-state index in [0.29, 0.717) is 17.5 Å². The van der Waals surface area contributed by atoms with Gasteiger partial charge in [0, 0.05) is 100 Å². The zero-order chi connectivity index (χ0) is 52.9. The number of piperidine rings is 2. The lowest BCUT2D eigenvalue weighted by atomic mass is 9.73. The van der Waals surface area contributed by atoms with Crippen LogP contribution in [0.2, 0.25) is 0 Å². The molecule has 75 heavy (non-hydrogen) atoms. The van der Waals surface area contributed by atoms with E-state index in [1.54, 1.807) is 30.3 Å². The number of rotatable bonds is 17. The molecular weight excluding hydrogens is 1010 g/mol. The molecule has 6 aromatic carbocycles. The van der Waals surface area contributed by atoms with Crippen LogP contribution < -0.4 is 9.62 Å². The molecule has 4 aliphatic rings. The third-order valence-corrected chi connectivity index (χ3v) is 16.7. The molecule has 10 nitrogen and oxygen atoms in total. The van der Waals surface area contributed by atoms with Gasteiger partial charge in [-0.15, -0.1) is 0 Å². The van der Waals surface area contributed by atoms with Crippen molar-refractivity contribution in [2.75, 3.05) is 101 Å². The first kappa shape index (κ1) is 56.0. The molecule has 4 unspecified atom stereocenters. The third kappa shape index (κ3) is 16.2. The van der Waals surface area contributed by atoms with Crippen molar-refractivity contribution >= 4 is 41.1 Å². The van der Waals surface area contributed by atoms with Gasteiger partial charge in [0.25, 0.3) is 0 Å². The highest BCUT2D eigenvalue weighted by molar-refractivity contribution is 8.13. The Morgan fingerprint density at radius 3 is 1.39 bits per heavy atom. The molecule has 0 aromatic heterocycles. The Morgan fingerprint density at radius 2 is 0.920 bits per heavy atom. The quantitative estimate of drug-likeness (QED) is 0.0896. The summed E-state index contributed by atoms with van der Waals surface area (Å²) in [6.07, 6.45) is 6.37. The first-order chi connectivity index (χ1) is 36.0. The van der Waals surface area contributed by atoms with Crippen LogP contribution in [0.1, 0.15) is 35.1 Å². The smallest absolute Gasteiger partial charge is 0.232 e. The summed E-state index contributed by atoms with van der Waals surface area (Å²) in [4.78, 5) is 10.2. The second-order valence-corrected chi connectivity index (χ2v) is 26.2. The van der Waals surface area contributed by atoms with Crippen molar-refractivity contribution in [3.63, 3.8) is 0 Å². The Bertz CT molecular complexity index is 2950. The number of benzene rings is 6. The number of likely N-dealkylation sites (tertiary alicyclic amines) is 4. The molecular formula is C60H73ClF2N6O4S2. The van der Waals surface area contributed by atoms with Gasteiger partial charge in [-0.25, -0.2) is 25.6 Å². The SMILES string of the molecule is CS(=O)(=O)Cl.CS(=O)(=O)N(CC12CN(CCc3ccccc3)CCC1CN(Cc1ccccc1)C2)c1ccccc1F.Fc1ccccc1NCC12CN(CCc3ccccc3)CCC1CN(Cc1ccccc1)C2. The van der Waals surface area contributed by atoms with Gasteiger partial charge in [-0.1, -0.05) is 146 Å². The highest BCUT2D eigenvalue weighted by Gasteiger charge is 2.52. The van der Waals surface area contributed by atoms with Crippen LogP contribution in [0.3, 0.4) is 0 Å². The maximum absolute atomic E-state index is 14.9. The Morgan fingerprint density at radius 1 is 0.533 bits per heavy atom. The van der Waals surface area contributed by atoms with Gasteiger partial charge >= 0.3 is 0 Å². The van der Waals surface area contributed by atoms with Crippen LogP contribution in [0.4, 0.5) is 20.2 Å². The number of halogens is 3. The monoisotopic (exact) mass is 1080 g/mol. The number of fused-ring (bicyclic) bond motifs is 2. The van der Waals surface area contributed by atoms with E-state index in [4.69, 9.17) is 0 Å². The van der Waals surface area contributed by atoms with E-state index in [9.17, 15) is 25.6 Å². The fourth-order valence-electron chi connectivity index (χ4n) is 12.0. The molecule has 4 fully saturated rings. The summed E-state index contributed by atoms with van der Waals surface area (Å²) >= 11 is 0. The van der Waals surface area contributed by atoms with Crippen molar-refractivity contribution < 1.29 is 25.6 Å². The second kappa shape index (κ2) is 25.8. The van der Waals surface area contributed by atoms with Gasteiger partial charge in [0.1, 0.15) is 11.6 Å². The molecule has 15 heteroatoms. The molecule has 0 saturated carbocycles. The molecule has 4 saturated heterocycles. The Hall–Kier alpha value is -5.19. The van der Waals surface area contributed by atoms with Crippen LogP contribution in [-0.4, -0.2) is 127 Å². The summed E-state index contributed by atoms with van der Waals surface area (Å²) in [6.45, 7) is 12.8. The first-order valence-electron chi connectivity index (χ1n) is 26.2. The van der Waals surface area contributed by atoms with Crippen LogP contribution in [0.15, 0.2) is 170 Å². The van der Waals surface area contributed by atoms with Gasteiger partial charge in [-0.05, 0) is 97.1 Å². The maximum atomic E-state index is 14.9. The average molecular weight is 1080 g/mol. The minimum absolute atomic E-state index is 0.131. The minimum Gasteiger partial charge on any atom is -0.382 e. The van der Waals surface area contributed by atoms with E-state index in [2.05, 4.69) is 145 Å². The zero-order valence-corrected chi connectivity index (χ0v) is 45.8. The van der Waals surface area contributed by atoms with Gasteiger partial charge in [0.05, 0.1) is 23.9 Å². The predicted octanol–water partition coefficient (Wildman–Crippen LogP) is 10.1. The summed E-state index contributed by atoms with van der Waals surface area (Å²) in [5, 5.41) is 3.50. The normalized spacial score (nSPS) is 22.2. The number of anilines is 2. The fourth-order valence-corrected chi connectivity index (χ4v) is 13.0. The lowest BCUT2D eigenvalue weighted by Gasteiger charge is -2.46. The van der Waals surface area contributed by atoms with Crippen molar-refractivity contribution in [3.8, 4) is 0 Å². The van der Waals surface area contributed by atoms with Gasteiger partial charge in [-0.3, -0.25) is 14.1 Å². The Kier molecular flexibility index (Phi) is 19.2. The molecule has 10 rings (SSSR count). The van der Waals surface area contributed by atoms with E-state index < -0.39 is 24.9 Å². The molecule has 400 valence electrons. The summed E-state index contributed by atoms with van der Waals surface area (Å²) in [5.41, 5.74) is 5.94. The van der Waals surface area contributed by atoms with Crippen molar-refractivity contribution in [2.45, 2.75) is 38.8 Å². The average Bonchev–Trinajstić information content (AvgIpc) is 3.94. The second-order valence-electron chi connectivity index (χ2n) is 21.3. The van der Waals surface area contributed by atoms with Gasteiger partial charge in [-0.2, -0.15) is 0 Å². The minimum atomic E-state index is -3.68. The van der Waals surface area contributed by atoms with Crippen LogP contribution in [0.25, 0.3) is 0 Å². The highest BCUT2D eigenvalue weighted by Crippen LogP contribution is 2.46.